The number of esters is 1. The summed E-state index contributed by atoms with van der Waals surface area (Å²) in [5, 5.41) is 0. The molecular weight excluding hydrogens is 367 g/mol. The zero-order valence-electron chi connectivity index (χ0n) is 18.8. The molecule has 0 radical (unpaired) electrons. The molecule has 2 atom stereocenters. The molecule has 2 unspecified atom stereocenters. The molecule has 0 saturated heterocycles. The summed E-state index contributed by atoms with van der Waals surface area (Å²) in [6.07, 6.45) is 25.6. The summed E-state index contributed by atoms with van der Waals surface area (Å²) < 4.78 is 10.4. The van der Waals surface area contributed by atoms with E-state index < -0.39 is 6.10 Å². The van der Waals surface area contributed by atoms with Crippen LogP contribution in [0.25, 0.3) is 0 Å². The van der Waals surface area contributed by atoms with E-state index >= 15 is 0 Å². The summed E-state index contributed by atoms with van der Waals surface area (Å²) in [5.74, 6) is -0.280. The van der Waals surface area contributed by atoms with Crippen LogP contribution in [0, 0.1) is 0 Å². The zero-order chi connectivity index (χ0) is 20.7. The molecule has 0 fully saturated rings. The smallest absolute Gasteiger partial charge is 0.340 e. The lowest BCUT2D eigenvalue weighted by molar-refractivity contribution is -0.145. The van der Waals surface area contributed by atoms with Crippen molar-refractivity contribution in [3.05, 3.63) is 12.3 Å². The second-order valence-electron chi connectivity index (χ2n) is 7.96. The Bertz CT molecular complexity index is 358. The first-order chi connectivity index (χ1) is 13.8. The van der Waals surface area contributed by atoms with Crippen molar-refractivity contribution in [3.8, 4) is 0 Å². The topological polar surface area (TPSA) is 35.5 Å². The SMILES string of the molecule is CCCCCCCCCCCCCCC=COC(=O)C(CCCCCC)OP. The standard InChI is InChI=1S/C24H47O3P/c1-3-5-7-9-10-11-12-13-14-15-16-17-18-20-22-26-24(25)23(27-28)21-19-8-6-4-2/h20,22-23H,3-19,21,28H2,1-2H3. The molecule has 0 N–H and O–H groups in total. The van der Waals surface area contributed by atoms with E-state index in [2.05, 4.69) is 23.3 Å². The minimum atomic E-state index is -0.460. The molecule has 0 bridgehead atoms. The van der Waals surface area contributed by atoms with Gasteiger partial charge in [0, 0.05) is 9.47 Å². The minimum absolute atomic E-state index is 0.280. The fraction of sp³-hybridized carbons (Fsp3) is 0.875. The predicted molar refractivity (Wildman–Crippen MR) is 124 cm³/mol. The van der Waals surface area contributed by atoms with Crippen molar-refractivity contribution in [1.29, 1.82) is 0 Å². The Hall–Kier alpha value is -0.400. The molecule has 3 nitrogen and oxygen atoms in total. The van der Waals surface area contributed by atoms with E-state index in [0.717, 1.165) is 25.7 Å². The molecule has 4 heteroatoms. The molecule has 0 aliphatic heterocycles. The number of rotatable bonds is 21. The van der Waals surface area contributed by atoms with Crippen molar-refractivity contribution < 1.29 is 14.1 Å². The van der Waals surface area contributed by atoms with Gasteiger partial charge in [0.05, 0.1) is 6.26 Å². The number of ether oxygens (including phenoxy) is 1. The lowest BCUT2D eigenvalue weighted by atomic mass is 10.0. The van der Waals surface area contributed by atoms with Crippen LogP contribution in [0.1, 0.15) is 129 Å². The van der Waals surface area contributed by atoms with Crippen molar-refractivity contribution in [3.63, 3.8) is 0 Å². The van der Waals surface area contributed by atoms with Crippen LogP contribution in [0.4, 0.5) is 0 Å². The number of carbonyl (C=O) groups is 1. The lowest BCUT2D eigenvalue weighted by Crippen LogP contribution is -2.22. The number of hydrogen-bond acceptors (Lipinski definition) is 3. The maximum Gasteiger partial charge on any atom is 0.340 e. The van der Waals surface area contributed by atoms with Crippen LogP contribution in [0.2, 0.25) is 0 Å². The normalized spacial score (nSPS) is 12.5. The van der Waals surface area contributed by atoms with Crippen molar-refractivity contribution in [2.45, 2.75) is 136 Å². The predicted octanol–water partition coefficient (Wildman–Crippen LogP) is 8.28. The van der Waals surface area contributed by atoms with Gasteiger partial charge >= 0.3 is 5.97 Å². The van der Waals surface area contributed by atoms with Gasteiger partial charge in [-0.2, -0.15) is 0 Å². The second-order valence-corrected chi connectivity index (χ2v) is 8.23. The quantitative estimate of drug-likeness (QED) is 0.0820. The fourth-order valence-electron chi connectivity index (χ4n) is 3.36. The van der Waals surface area contributed by atoms with Crippen molar-refractivity contribution in [1.82, 2.24) is 0 Å². The van der Waals surface area contributed by atoms with Gasteiger partial charge in [0.25, 0.3) is 0 Å². The highest BCUT2D eigenvalue weighted by Gasteiger charge is 2.18. The molecule has 0 aromatic carbocycles. The van der Waals surface area contributed by atoms with Gasteiger partial charge in [-0.15, -0.1) is 0 Å². The minimum Gasteiger partial charge on any atom is -0.433 e. The summed E-state index contributed by atoms with van der Waals surface area (Å²) in [4.78, 5) is 12.0. The molecule has 0 aliphatic carbocycles. The molecule has 0 rings (SSSR count). The van der Waals surface area contributed by atoms with Gasteiger partial charge in [-0.3, -0.25) is 0 Å². The third kappa shape index (κ3) is 18.9. The first kappa shape index (κ1) is 27.6. The van der Waals surface area contributed by atoms with E-state index in [1.54, 1.807) is 6.26 Å². The van der Waals surface area contributed by atoms with Gasteiger partial charge < -0.3 is 9.26 Å². The van der Waals surface area contributed by atoms with E-state index in [9.17, 15) is 4.79 Å². The summed E-state index contributed by atoms with van der Waals surface area (Å²) in [7, 11) is 2.19. The Morgan fingerprint density at radius 2 is 1.21 bits per heavy atom. The Labute approximate surface area is 177 Å². The van der Waals surface area contributed by atoms with Crippen LogP contribution < -0.4 is 0 Å². The summed E-state index contributed by atoms with van der Waals surface area (Å²) in [6.45, 7) is 4.45. The third-order valence-electron chi connectivity index (χ3n) is 5.25. The van der Waals surface area contributed by atoms with Crippen LogP contribution >= 0.6 is 9.47 Å². The van der Waals surface area contributed by atoms with E-state index in [4.69, 9.17) is 9.26 Å². The molecule has 0 amide bonds. The fourth-order valence-corrected chi connectivity index (χ4v) is 3.61. The summed E-state index contributed by atoms with van der Waals surface area (Å²) in [6, 6.07) is 0. The molecule has 0 saturated carbocycles. The van der Waals surface area contributed by atoms with E-state index in [-0.39, 0.29) is 5.97 Å². The van der Waals surface area contributed by atoms with E-state index in [1.165, 1.54) is 89.9 Å². The number of carbonyl (C=O) groups excluding carboxylic acids is 1. The van der Waals surface area contributed by atoms with Gasteiger partial charge in [0.2, 0.25) is 0 Å². The van der Waals surface area contributed by atoms with Gasteiger partial charge in [-0.05, 0) is 25.3 Å². The summed E-state index contributed by atoms with van der Waals surface area (Å²) in [5.41, 5.74) is 0. The second kappa shape index (κ2) is 22.9. The summed E-state index contributed by atoms with van der Waals surface area (Å²) >= 11 is 0. The van der Waals surface area contributed by atoms with Crippen LogP contribution in [0.15, 0.2) is 12.3 Å². The molecule has 0 heterocycles. The van der Waals surface area contributed by atoms with Gasteiger partial charge in [0.1, 0.15) is 0 Å². The molecule has 28 heavy (non-hydrogen) atoms. The Morgan fingerprint density at radius 3 is 1.71 bits per heavy atom. The Kier molecular flexibility index (Phi) is 22.6. The Morgan fingerprint density at radius 1 is 0.750 bits per heavy atom. The molecule has 0 aliphatic rings. The van der Waals surface area contributed by atoms with Crippen LogP contribution in [0.3, 0.4) is 0 Å². The highest BCUT2D eigenvalue weighted by molar-refractivity contribution is 7.09. The largest absolute Gasteiger partial charge is 0.433 e. The van der Waals surface area contributed by atoms with Crippen molar-refractivity contribution in [2.24, 2.45) is 0 Å². The van der Waals surface area contributed by atoms with Crippen LogP contribution in [0.5, 0.6) is 0 Å². The van der Waals surface area contributed by atoms with Crippen molar-refractivity contribution in [2.75, 3.05) is 0 Å². The van der Waals surface area contributed by atoms with E-state index in [0.29, 0.717) is 0 Å². The highest BCUT2D eigenvalue weighted by atomic mass is 31.0. The Balaban J connectivity index is 3.45. The average molecular weight is 415 g/mol. The van der Waals surface area contributed by atoms with Crippen LogP contribution in [-0.4, -0.2) is 12.1 Å². The number of allylic oxidation sites excluding steroid dienone is 1. The molecule has 166 valence electrons. The van der Waals surface area contributed by atoms with E-state index in [1.807, 2.05) is 6.08 Å². The molecule has 0 aromatic rings. The molecular formula is C24H47O3P. The maximum absolute atomic E-state index is 12.0. The van der Waals surface area contributed by atoms with Gasteiger partial charge in [-0.1, -0.05) is 110 Å². The zero-order valence-corrected chi connectivity index (χ0v) is 19.9. The lowest BCUT2D eigenvalue weighted by Gasteiger charge is -2.12. The third-order valence-corrected chi connectivity index (χ3v) is 5.58. The highest BCUT2D eigenvalue weighted by Crippen LogP contribution is 2.14. The van der Waals surface area contributed by atoms with Gasteiger partial charge in [-0.25, -0.2) is 4.79 Å². The number of hydrogen-bond donors (Lipinski definition) is 0. The van der Waals surface area contributed by atoms with Crippen LogP contribution in [-0.2, 0) is 14.1 Å². The average Bonchev–Trinajstić information content (AvgIpc) is 2.70. The first-order valence-corrected chi connectivity index (χ1v) is 12.4. The molecule has 0 aromatic heterocycles. The first-order valence-electron chi connectivity index (χ1n) is 12.0. The monoisotopic (exact) mass is 414 g/mol. The van der Waals surface area contributed by atoms with Gasteiger partial charge in [0.15, 0.2) is 6.10 Å². The number of unbranched alkanes of at least 4 members (excludes halogenated alkanes) is 15. The molecule has 0 spiro atoms. The maximum atomic E-state index is 12.0. The van der Waals surface area contributed by atoms with Crippen molar-refractivity contribution >= 4 is 15.4 Å².